The van der Waals surface area contributed by atoms with Gasteiger partial charge in [-0.3, -0.25) is 4.68 Å². The van der Waals surface area contributed by atoms with E-state index in [1.54, 1.807) is 0 Å². The fraction of sp³-hybridized carbons (Fsp3) is 0.750. The van der Waals surface area contributed by atoms with Crippen molar-refractivity contribution in [1.29, 1.82) is 0 Å². The van der Waals surface area contributed by atoms with Crippen LogP contribution in [-0.4, -0.2) is 9.78 Å². The van der Waals surface area contributed by atoms with Crippen LogP contribution in [0.15, 0.2) is 12.3 Å². The molecule has 0 aromatic carbocycles. The van der Waals surface area contributed by atoms with Crippen molar-refractivity contribution >= 4 is 0 Å². The van der Waals surface area contributed by atoms with Crippen LogP contribution in [0, 0.1) is 11.3 Å². The van der Waals surface area contributed by atoms with Crippen molar-refractivity contribution < 1.29 is 0 Å². The Morgan fingerprint density at radius 2 is 2.00 bits per heavy atom. The van der Waals surface area contributed by atoms with E-state index < -0.39 is 0 Å². The maximum absolute atomic E-state index is 4.36. The summed E-state index contributed by atoms with van der Waals surface area (Å²) in [5.74, 6) is 0.661. The Labute approximate surface area is 87.3 Å². The van der Waals surface area contributed by atoms with Gasteiger partial charge in [0, 0.05) is 18.4 Å². The van der Waals surface area contributed by atoms with E-state index in [-0.39, 0.29) is 0 Å². The molecule has 0 spiro atoms. The molecule has 1 aromatic heterocycles. The molecule has 1 rings (SSSR count). The van der Waals surface area contributed by atoms with Gasteiger partial charge in [-0.25, -0.2) is 0 Å². The molecule has 80 valence electrons. The van der Waals surface area contributed by atoms with E-state index in [0.717, 1.165) is 13.0 Å². The van der Waals surface area contributed by atoms with Crippen LogP contribution in [0.3, 0.4) is 0 Å². The normalized spacial score (nSPS) is 12.4. The fourth-order valence-corrected chi connectivity index (χ4v) is 1.56. The van der Waals surface area contributed by atoms with E-state index in [1.807, 2.05) is 6.20 Å². The Kier molecular flexibility index (Phi) is 3.35. The summed E-state index contributed by atoms with van der Waals surface area (Å²) in [4.78, 5) is 0. The smallest absolute Gasteiger partial charge is 0.0492 e. The third-order valence-corrected chi connectivity index (χ3v) is 2.05. The van der Waals surface area contributed by atoms with Crippen LogP contribution >= 0.6 is 0 Å². The molecule has 0 N–H and O–H groups in total. The highest BCUT2D eigenvalue weighted by molar-refractivity contribution is 5.03. The lowest BCUT2D eigenvalue weighted by molar-refractivity contribution is 0.380. The first-order valence-electron chi connectivity index (χ1n) is 5.39. The van der Waals surface area contributed by atoms with Crippen LogP contribution in [0.5, 0.6) is 0 Å². The Balaban J connectivity index is 2.72. The maximum atomic E-state index is 4.36. The van der Waals surface area contributed by atoms with Gasteiger partial charge < -0.3 is 0 Å². The largest absolute Gasteiger partial charge is 0.269 e. The lowest BCUT2D eigenvalue weighted by Gasteiger charge is -2.19. The van der Waals surface area contributed by atoms with Crippen molar-refractivity contribution in [3.05, 3.63) is 18.0 Å². The Morgan fingerprint density at radius 3 is 2.50 bits per heavy atom. The van der Waals surface area contributed by atoms with Crippen LogP contribution in [-0.2, 0) is 13.0 Å². The summed E-state index contributed by atoms with van der Waals surface area (Å²) in [6.45, 7) is 12.3. The number of rotatable bonds is 3. The lowest BCUT2D eigenvalue weighted by atomic mass is 9.90. The molecule has 0 aliphatic carbocycles. The summed E-state index contributed by atoms with van der Waals surface area (Å²) in [6, 6.07) is 2.13. The molecule has 0 amide bonds. The summed E-state index contributed by atoms with van der Waals surface area (Å²) < 4.78 is 2.13. The number of hydrogen-bond donors (Lipinski definition) is 0. The molecule has 0 unspecified atom stereocenters. The average Bonchev–Trinajstić information content (AvgIpc) is 2.32. The second kappa shape index (κ2) is 4.16. The van der Waals surface area contributed by atoms with Gasteiger partial charge in [0.2, 0.25) is 0 Å². The Bertz CT molecular complexity index is 279. The van der Waals surface area contributed by atoms with E-state index in [4.69, 9.17) is 0 Å². The molecule has 0 aliphatic rings. The molecule has 0 fully saturated rings. The van der Waals surface area contributed by atoms with Gasteiger partial charge in [0.25, 0.3) is 0 Å². The molecule has 0 saturated carbocycles. The second-order valence-electron chi connectivity index (χ2n) is 5.64. The second-order valence-corrected chi connectivity index (χ2v) is 5.64. The van der Waals surface area contributed by atoms with Gasteiger partial charge in [-0.1, -0.05) is 34.6 Å². The number of aromatic nitrogens is 2. The first-order chi connectivity index (χ1) is 6.38. The molecule has 2 nitrogen and oxygen atoms in total. The molecule has 1 aromatic rings. The third kappa shape index (κ3) is 3.52. The molecular weight excluding hydrogens is 172 g/mol. The van der Waals surface area contributed by atoms with Crippen molar-refractivity contribution in [2.75, 3.05) is 0 Å². The predicted octanol–water partition coefficient (Wildman–Crippen LogP) is 3.13. The number of nitrogens with zero attached hydrogens (tertiary/aromatic N) is 2. The van der Waals surface area contributed by atoms with E-state index in [9.17, 15) is 0 Å². The van der Waals surface area contributed by atoms with Crippen molar-refractivity contribution in [2.45, 2.75) is 47.6 Å². The zero-order chi connectivity index (χ0) is 10.8. The molecule has 0 aliphatic heterocycles. The van der Waals surface area contributed by atoms with Crippen molar-refractivity contribution in [3.63, 3.8) is 0 Å². The quantitative estimate of drug-likeness (QED) is 0.723. The zero-order valence-corrected chi connectivity index (χ0v) is 10.0. The van der Waals surface area contributed by atoms with Crippen LogP contribution in [0.2, 0.25) is 0 Å². The SMILES string of the molecule is CC(C)Cn1nccc1CC(C)(C)C. The third-order valence-electron chi connectivity index (χ3n) is 2.05. The zero-order valence-electron chi connectivity index (χ0n) is 10.0. The van der Waals surface area contributed by atoms with Crippen LogP contribution in [0.4, 0.5) is 0 Å². The molecule has 14 heavy (non-hydrogen) atoms. The van der Waals surface area contributed by atoms with Crippen molar-refractivity contribution in [3.8, 4) is 0 Å². The van der Waals surface area contributed by atoms with E-state index >= 15 is 0 Å². The first-order valence-corrected chi connectivity index (χ1v) is 5.39. The molecule has 2 heteroatoms. The van der Waals surface area contributed by atoms with Crippen LogP contribution < -0.4 is 0 Å². The van der Waals surface area contributed by atoms with Gasteiger partial charge in [0.15, 0.2) is 0 Å². The summed E-state index contributed by atoms with van der Waals surface area (Å²) >= 11 is 0. The highest BCUT2D eigenvalue weighted by Crippen LogP contribution is 2.20. The molecule has 0 radical (unpaired) electrons. The monoisotopic (exact) mass is 194 g/mol. The molecule has 1 heterocycles. The maximum Gasteiger partial charge on any atom is 0.0492 e. The summed E-state index contributed by atoms with van der Waals surface area (Å²) in [5.41, 5.74) is 1.69. The van der Waals surface area contributed by atoms with E-state index in [0.29, 0.717) is 11.3 Å². The van der Waals surface area contributed by atoms with Gasteiger partial charge >= 0.3 is 0 Å². The minimum atomic E-state index is 0.342. The number of hydrogen-bond acceptors (Lipinski definition) is 1. The summed E-state index contributed by atoms with van der Waals surface area (Å²) in [6.07, 6.45) is 3.00. The van der Waals surface area contributed by atoms with Gasteiger partial charge in [-0.15, -0.1) is 0 Å². The fourth-order valence-electron chi connectivity index (χ4n) is 1.56. The lowest BCUT2D eigenvalue weighted by Crippen LogP contribution is -2.16. The molecule has 0 bridgehead atoms. The topological polar surface area (TPSA) is 17.8 Å². The summed E-state index contributed by atoms with van der Waals surface area (Å²) in [7, 11) is 0. The van der Waals surface area contributed by atoms with Gasteiger partial charge in [-0.05, 0) is 23.8 Å². The highest BCUT2D eigenvalue weighted by Gasteiger charge is 2.14. The summed E-state index contributed by atoms with van der Waals surface area (Å²) in [5, 5.41) is 4.36. The first kappa shape index (κ1) is 11.3. The minimum Gasteiger partial charge on any atom is -0.269 e. The Morgan fingerprint density at radius 1 is 1.36 bits per heavy atom. The molecule has 0 atom stereocenters. The minimum absolute atomic E-state index is 0.342. The Hall–Kier alpha value is -0.790. The molecule has 0 saturated heterocycles. The van der Waals surface area contributed by atoms with Crippen LogP contribution in [0.1, 0.15) is 40.3 Å². The van der Waals surface area contributed by atoms with E-state index in [1.165, 1.54) is 5.69 Å². The van der Waals surface area contributed by atoms with E-state index in [2.05, 4.69) is 50.5 Å². The standard InChI is InChI=1S/C12H22N2/c1-10(2)9-14-11(6-7-13-14)8-12(3,4)5/h6-7,10H,8-9H2,1-5H3. The highest BCUT2D eigenvalue weighted by atomic mass is 15.3. The van der Waals surface area contributed by atoms with Gasteiger partial charge in [-0.2, -0.15) is 5.10 Å². The average molecular weight is 194 g/mol. The molecular formula is C12H22N2. The van der Waals surface area contributed by atoms with Crippen molar-refractivity contribution in [2.24, 2.45) is 11.3 Å². The van der Waals surface area contributed by atoms with Crippen LogP contribution in [0.25, 0.3) is 0 Å². The van der Waals surface area contributed by atoms with Gasteiger partial charge in [0.1, 0.15) is 0 Å². The predicted molar refractivity (Wildman–Crippen MR) is 60.2 cm³/mol. The van der Waals surface area contributed by atoms with Gasteiger partial charge in [0.05, 0.1) is 0 Å². The van der Waals surface area contributed by atoms with Crippen molar-refractivity contribution in [1.82, 2.24) is 9.78 Å².